The van der Waals surface area contributed by atoms with E-state index in [0.29, 0.717) is 30.3 Å². The number of hydrogen-bond donors (Lipinski definition) is 2. The molecule has 3 N–H and O–H groups in total. The Labute approximate surface area is 161 Å². The molecule has 7 heteroatoms. The zero-order chi connectivity index (χ0) is 18.4. The number of nitrogens with two attached hydrogens (primary N) is 1. The largest absolute Gasteiger partial charge is 0.368 e. The molecule has 0 bridgehead atoms. The number of anilines is 1. The fraction of sp³-hybridized carbons (Fsp3) is 0.579. The second kappa shape index (κ2) is 10.5. The standard InChI is InChI=1S/C19H29N3O3.ClH/c1-13(2)16(20)9-10-22(3)19(24)14-6-4-7-15(12-14)21-18(23)17-8-5-11-25-17;/h4,6-7,12-13,16-17H,5,8-11,20H2,1-3H3,(H,21,23);1H. The number of nitrogens with zero attached hydrogens (tertiary/aromatic N) is 1. The first-order valence-electron chi connectivity index (χ1n) is 8.92. The third-order valence-corrected chi connectivity index (χ3v) is 4.60. The number of nitrogens with one attached hydrogen (secondary N) is 1. The van der Waals surface area contributed by atoms with Crippen molar-refractivity contribution in [3.63, 3.8) is 0 Å². The lowest BCUT2D eigenvalue weighted by molar-refractivity contribution is -0.124. The molecule has 26 heavy (non-hydrogen) atoms. The highest BCUT2D eigenvalue weighted by Crippen LogP contribution is 2.17. The van der Waals surface area contributed by atoms with E-state index < -0.39 is 0 Å². The minimum atomic E-state index is -0.389. The van der Waals surface area contributed by atoms with Crippen LogP contribution >= 0.6 is 12.4 Å². The van der Waals surface area contributed by atoms with Crippen molar-refractivity contribution in [2.24, 2.45) is 11.7 Å². The summed E-state index contributed by atoms with van der Waals surface area (Å²) in [6.07, 6.45) is 2.01. The van der Waals surface area contributed by atoms with E-state index in [2.05, 4.69) is 19.2 Å². The Hall–Kier alpha value is -1.63. The van der Waals surface area contributed by atoms with Crippen molar-refractivity contribution in [2.45, 2.75) is 45.3 Å². The van der Waals surface area contributed by atoms with E-state index in [4.69, 9.17) is 10.5 Å². The summed E-state index contributed by atoms with van der Waals surface area (Å²) in [4.78, 5) is 26.4. The third-order valence-electron chi connectivity index (χ3n) is 4.60. The van der Waals surface area contributed by atoms with Crippen molar-refractivity contribution in [1.82, 2.24) is 4.90 Å². The zero-order valence-electron chi connectivity index (χ0n) is 15.7. The Morgan fingerprint density at radius 1 is 1.38 bits per heavy atom. The highest BCUT2D eigenvalue weighted by Gasteiger charge is 2.23. The molecular formula is C19H30ClN3O3. The molecule has 0 spiro atoms. The molecule has 2 rings (SSSR count). The summed E-state index contributed by atoms with van der Waals surface area (Å²) in [5.74, 6) is 0.155. The molecule has 1 heterocycles. The maximum absolute atomic E-state index is 12.6. The predicted octanol–water partition coefficient (Wildman–Crippen LogP) is 2.67. The van der Waals surface area contributed by atoms with E-state index in [1.807, 2.05) is 0 Å². The van der Waals surface area contributed by atoms with Gasteiger partial charge in [-0.05, 0) is 43.4 Å². The first kappa shape index (κ1) is 22.4. The predicted molar refractivity (Wildman–Crippen MR) is 106 cm³/mol. The van der Waals surface area contributed by atoms with E-state index in [-0.39, 0.29) is 36.4 Å². The Morgan fingerprint density at radius 2 is 2.12 bits per heavy atom. The topological polar surface area (TPSA) is 84.7 Å². The fourth-order valence-corrected chi connectivity index (χ4v) is 2.74. The van der Waals surface area contributed by atoms with Gasteiger partial charge in [0.2, 0.25) is 0 Å². The number of carbonyl (C=O) groups excluding carboxylic acids is 2. The van der Waals surface area contributed by atoms with Gasteiger partial charge in [0.1, 0.15) is 6.10 Å². The van der Waals surface area contributed by atoms with Gasteiger partial charge in [0.05, 0.1) is 0 Å². The highest BCUT2D eigenvalue weighted by atomic mass is 35.5. The number of halogens is 1. The monoisotopic (exact) mass is 383 g/mol. The van der Waals surface area contributed by atoms with Gasteiger partial charge in [0.25, 0.3) is 11.8 Å². The van der Waals surface area contributed by atoms with Crippen LogP contribution in [-0.4, -0.2) is 49.1 Å². The SMILES string of the molecule is CC(C)C(N)CCN(C)C(=O)c1cccc(NC(=O)C2CCCO2)c1.Cl. The summed E-state index contributed by atoms with van der Waals surface area (Å²) in [6, 6.07) is 7.08. The molecule has 1 aromatic rings. The van der Waals surface area contributed by atoms with Crippen LogP contribution in [0.1, 0.15) is 43.5 Å². The van der Waals surface area contributed by atoms with Crippen LogP contribution in [0.5, 0.6) is 0 Å². The average molecular weight is 384 g/mol. The Kier molecular flexibility index (Phi) is 9.05. The molecule has 1 saturated heterocycles. The molecule has 1 aliphatic rings. The summed E-state index contributed by atoms with van der Waals surface area (Å²) in [6.45, 7) is 5.38. The summed E-state index contributed by atoms with van der Waals surface area (Å²) in [5, 5.41) is 2.83. The van der Waals surface area contributed by atoms with Crippen LogP contribution in [0.3, 0.4) is 0 Å². The summed E-state index contributed by atoms with van der Waals surface area (Å²) >= 11 is 0. The van der Waals surface area contributed by atoms with Crippen LogP contribution in [0, 0.1) is 5.92 Å². The van der Waals surface area contributed by atoms with Crippen molar-refractivity contribution in [1.29, 1.82) is 0 Å². The third kappa shape index (κ3) is 6.27. The van der Waals surface area contributed by atoms with Crippen LogP contribution in [-0.2, 0) is 9.53 Å². The number of ether oxygens (including phenoxy) is 1. The maximum Gasteiger partial charge on any atom is 0.253 e. The van der Waals surface area contributed by atoms with E-state index >= 15 is 0 Å². The number of benzene rings is 1. The van der Waals surface area contributed by atoms with Crippen LogP contribution in [0.2, 0.25) is 0 Å². The second-order valence-corrected chi connectivity index (χ2v) is 6.99. The molecule has 2 unspecified atom stereocenters. The first-order valence-corrected chi connectivity index (χ1v) is 8.92. The summed E-state index contributed by atoms with van der Waals surface area (Å²) in [5.41, 5.74) is 7.20. The molecule has 0 radical (unpaired) electrons. The molecule has 0 saturated carbocycles. The molecule has 1 aliphatic heterocycles. The van der Waals surface area contributed by atoms with E-state index in [1.54, 1.807) is 36.2 Å². The van der Waals surface area contributed by atoms with Crippen LogP contribution in [0.4, 0.5) is 5.69 Å². The molecule has 6 nitrogen and oxygen atoms in total. The van der Waals surface area contributed by atoms with Gasteiger partial charge < -0.3 is 20.7 Å². The second-order valence-electron chi connectivity index (χ2n) is 6.99. The van der Waals surface area contributed by atoms with Gasteiger partial charge in [-0.3, -0.25) is 9.59 Å². The van der Waals surface area contributed by atoms with Crippen molar-refractivity contribution in [3.05, 3.63) is 29.8 Å². The van der Waals surface area contributed by atoms with Crippen molar-refractivity contribution < 1.29 is 14.3 Å². The number of carbonyl (C=O) groups is 2. The minimum absolute atomic E-state index is 0. The van der Waals surface area contributed by atoms with Crippen LogP contribution < -0.4 is 11.1 Å². The fourth-order valence-electron chi connectivity index (χ4n) is 2.74. The van der Waals surface area contributed by atoms with E-state index in [1.165, 1.54) is 0 Å². The van der Waals surface area contributed by atoms with Crippen molar-refractivity contribution >= 4 is 29.9 Å². The minimum Gasteiger partial charge on any atom is -0.368 e. The number of hydrogen-bond acceptors (Lipinski definition) is 4. The Balaban J connectivity index is 0.00000338. The molecule has 0 aromatic heterocycles. The summed E-state index contributed by atoms with van der Waals surface area (Å²) < 4.78 is 5.38. The molecule has 0 aliphatic carbocycles. The normalized spacial score (nSPS) is 17.5. The Bertz CT molecular complexity index is 603. The van der Waals surface area contributed by atoms with E-state index in [9.17, 15) is 9.59 Å². The van der Waals surface area contributed by atoms with E-state index in [0.717, 1.165) is 19.3 Å². The van der Waals surface area contributed by atoms with Gasteiger partial charge >= 0.3 is 0 Å². The van der Waals surface area contributed by atoms with Crippen LogP contribution in [0.25, 0.3) is 0 Å². The first-order chi connectivity index (χ1) is 11.9. The lowest BCUT2D eigenvalue weighted by Crippen LogP contribution is -2.34. The highest BCUT2D eigenvalue weighted by molar-refractivity contribution is 5.98. The number of rotatable bonds is 7. The average Bonchev–Trinajstić information content (AvgIpc) is 3.13. The smallest absolute Gasteiger partial charge is 0.253 e. The molecule has 146 valence electrons. The molecule has 2 atom stereocenters. The lowest BCUT2D eigenvalue weighted by atomic mass is 10.0. The van der Waals surface area contributed by atoms with Crippen molar-refractivity contribution in [2.75, 3.05) is 25.5 Å². The van der Waals surface area contributed by atoms with Gasteiger partial charge in [0.15, 0.2) is 0 Å². The lowest BCUT2D eigenvalue weighted by Gasteiger charge is -2.22. The maximum atomic E-state index is 12.6. The zero-order valence-corrected chi connectivity index (χ0v) is 16.6. The Morgan fingerprint density at radius 3 is 2.73 bits per heavy atom. The quantitative estimate of drug-likeness (QED) is 0.758. The molecular weight excluding hydrogens is 354 g/mol. The summed E-state index contributed by atoms with van der Waals surface area (Å²) in [7, 11) is 1.77. The molecule has 1 aromatic carbocycles. The van der Waals surface area contributed by atoms with Crippen LogP contribution in [0.15, 0.2) is 24.3 Å². The van der Waals surface area contributed by atoms with Gasteiger partial charge in [-0.2, -0.15) is 0 Å². The molecule has 1 fully saturated rings. The number of amides is 2. The molecule has 2 amide bonds. The van der Waals surface area contributed by atoms with Crippen molar-refractivity contribution in [3.8, 4) is 0 Å². The van der Waals surface area contributed by atoms with Gasteiger partial charge in [-0.15, -0.1) is 12.4 Å². The van der Waals surface area contributed by atoms with Gasteiger partial charge in [-0.25, -0.2) is 0 Å². The van der Waals surface area contributed by atoms with Gasteiger partial charge in [-0.1, -0.05) is 19.9 Å². The van der Waals surface area contributed by atoms with Gasteiger partial charge in [0, 0.05) is 37.5 Å².